The van der Waals surface area contributed by atoms with Gasteiger partial charge in [0.05, 0.1) is 0 Å². The number of aromatic nitrogens is 1. The topological polar surface area (TPSA) is 71.1 Å². The number of sulfonamides is 1. The zero-order valence-corrected chi connectivity index (χ0v) is 13.9. The van der Waals surface area contributed by atoms with Gasteiger partial charge in [-0.05, 0) is 43.9 Å². The smallest absolute Gasteiger partial charge is 0.242 e. The first-order chi connectivity index (χ1) is 9.49. The van der Waals surface area contributed by atoms with E-state index in [9.17, 15) is 8.42 Å². The summed E-state index contributed by atoms with van der Waals surface area (Å²) in [5, 5.41) is 3.03. The largest absolute Gasteiger partial charge is 0.370 e. The Labute approximate surface area is 126 Å². The molecule has 0 aliphatic carbocycles. The molecule has 0 aliphatic heterocycles. The molecule has 0 radical (unpaired) electrons. The van der Waals surface area contributed by atoms with Gasteiger partial charge in [-0.25, -0.2) is 18.1 Å². The van der Waals surface area contributed by atoms with Crippen molar-refractivity contribution in [2.75, 3.05) is 23.4 Å². The van der Waals surface area contributed by atoms with Gasteiger partial charge in [-0.2, -0.15) is 11.8 Å². The van der Waals surface area contributed by atoms with E-state index >= 15 is 0 Å². The maximum absolute atomic E-state index is 12.2. The van der Waals surface area contributed by atoms with Crippen LogP contribution in [0.4, 0.5) is 5.82 Å². The molecule has 0 bridgehead atoms. The Kier molecular flexibility index (Phi) is 7.32. The molecule has 1 atom stereocenters. The van der Waals surface area contributed by atoms with Crippen LogP contribution in [0.1, 0.15) is 27.2 Å². The first-order valence-electron chi connectivity index (χ1n) is 6.79. The first-order valence-corrected chi connectivity index (χ1v) is 9.43. The number of anilines is 1. The van der Waals surface area contributed by atoms with Crippen molar-refractivity contribution in [1.82, 2.24) is 9.71 Å². The third-order valence-electron chi connectivity index (χ3n) is 2.66. The van der Waals surface area contributed by atoms with Gasteiger partial charge in [0.1, 0.15) is 10.7 Å². The van der Waals surface area contributed by atoms with E-state index in [-0.39, 0.29) is 10.9 Å². The van der Waals surface area contributed by atoms with Gasteiger partial charge in [-0.15, -0.1) is 0 Å². The molecule has 114 valence electrons. The molecule has 20 heavy (non-hydrogen) atoms. The van der Waals surface area contributed by atoms with Gasteiger partial charge in [0.15, 0.2) is 0 Å². The second-order valence-corrected chi connectivity index (χ2v) is 7.53. The number of hydrogen-bond donors (Lipinski definition) is 2. The molecule has 1 aromatic heterocycles. The summed E-state index contributed by atoms with van der Waals surface area (Å²) in [7, 11) is -3.48. The third kappa shape index (κ3) is 5.68. The van der Waals surface area contributed by atoms with Crippen LogP contribution in [0.3, 0.4) is 0 Å². The van der Waals surface area contributed by atoms with E-state index in [1.54, 1.807) is 12.1 Å². The minimum atomic E-state index is -3.48. The zero-order valence-electron chi connectivity index (χ0n) is 12.2. The molecule has 5 nitrogen and oxygen atoms in total. The van der Waals surface area contributed by atoms with Crippen molar-refractivity contribution >= 4 is 27.6 Å². The Morgan fingerprint density at radius 1 is 1.35 bits per heavy atom. The predicted octanol–water partition coefficient (Wildman–Crippen LogP) is 2.32. The highest BCUT2D eigenvalue weighted by Gasteiger charge is 2.17. The van der Waals surface area contributed by atoms with Gasteiger partial charge in [0.25, 0.3) is 0 Å². The summed E-state index contributed by atoms with van der Waals surface area (Å²) in [6, 6.07) is 3.17. The minimum absolute atomic E-state index is 0.0764. The van der Waals surface area contributed by atoms with E-state index in [0.717, 1.165) is 24.5 Å². The summed E-state index contributed by atoms with van der Waals surface area (Å²) in [6.07, 6.45) is 2.20. The molecular formula is C13H23N3O2S2. The van der Waals surface area contributed by atoms with E-state index in [2.05, 4.69) is 21.9 Å². The average Bonchev–Trinajstić information content (AvgIpc) is 2.39. The molecule has 0 saturated heterocycles. The summed E-state index contributed by atoms with van der Waals surface area (Å²) >= 11 is 1.81. The van der Waals surface area contributed by atoms with Crippen molar-refractivity contribution in [1.29, 1.82) is 0 Å². The van der Waals surface area contributed by atoms with Crippen LogP contribution in [0.25, 0.3) is 0 Å². The predicted molar refractivity (Wildman–Crippen MR) is 85.8 cm³/mol. The molecule has 0 saturated carbocycles. The highest BCUT2D eigenvalue weighted by Crippen LogP contribution is 2.12. The second-order valence-electron chi connectivity index (χ2n) is 4.42. The minimum Gasteiger partial charge on any atom is -0.370 e. The van der Waals surface area contributed by atoms with Crippen LogP contribution in [0.2, 0.25) is 0 Å². The van der Waals surface area contributed by atoms with Crippen LogP contribution in [0.5, 0.6) is 0 Å². The van der Waals surface area contributed by atoms with E-state index in [4.69, 9.17) is 0 Å². The van der Waals surface area contributed by atoms with Gasteiger partial charge < -0.3 is 5.32 Å². The first kappa shape index (κ1) is 17.3. The van der Waals surface area contributed by atoms with Gasteiger partial charge in [0.2, 0.25) is 10.0 Å². The molecule has 0 fully saturated rings. The summed E-state index contributed by atoms with van der Waals surface area (Å²) in [5.74, 6) is 2.69. The molecule has 0 aliphatic rings. The van der Waals surface area contributed by atoms with E-state index in [0.29, 0.717) is 5.82 Å². The monoisotopic (exact) mass is 317 g/mol. The highest BCUT2D eigenvalue weighted by molar-refractivity contribution is 7.99. The molecule has 0 spiro atoms. The number of rotatable bonds is 9. The lowest BCUT2D eigenvalue weighted by Crippen LogP contribution is -2.33. The van der Waals surface area contributed by atoms with E-state index < -0.39 is 10.0 Å². The SMILES string of the molecule is CCNc1ccc(S(=O)(=O)NC(C)CCSCC)cn1. The third-order valence-corrected chi connectivity index (χ3v) is 5.17. The van der Waals surface area contributed by atoms with Crippen molar-refractivity contribution in [2.24, 2.45) is 0 Å². The zero-order chi connectivity index (χ0) is 15.0. The Bertz CT molecular complexity index is 489. The van der Waals surface area contributed by atoms with Crippen molar-refractivity contribution in [2.45, 2.75) is 38.1 Å². The summed E-state index contributed by atoms with van der Waals surface area (Å²) in [5.41, 5.74) is 0. The Morgan fingerprint density at radius 2 is 2.10 bits per heavy atom. The standard InChI is InChI=1S/C13H23N3O2S2/c1-4-14-13-7-6-12(10-15-13)20(17,18)16-11(3)8-9-19-5-2/h6-7,10-11,16H,4-5,8-9H2,1-3H3,(H,14,15). The van der Waals surface area contributed by atoms with Gasteiger partial charge >= 0.3 is 0 Å². The summed E-state index contributed by atoms with van der Waals surface area (Å²) in [4.78, 5) is 4.29. The summed E-state index contributed by atoms with van der Waals surface area (Å²) < 4.78 is 27.0. The number of nitrogens with zero attached hydrogens (tertiary/aromatic N) is 1. The molecule has 0 aromatic carbocycles. The molecule has 0 amide bonds. The van der Waals surface area contributed by atoms with Crippen molar-refractivity contribution in [3.05, 3.63) is 18.3 Å². The Balaban J connectivity index is 2.63. The van der Waals surface area contributed by atoms with Gasteiger partial charge in [-0.3, -0.25) is 0 Å². The quantitative estimate of drug-likeness (QED) is 0.684. The van der Waals surface area contributed by atoms with Crippen molar-refractivity contribution < 1.29 is 8.42 Å². The lowest BCUT2D eigenvalue weighted by Gasteiger charge is -2.14. The van der Waals surface area contributed by atoms with Crippen molar-refractivity contribution in [3.8, 4) is 0 Å². The maximum atomic E-state index is 12.2. The van der Waals surface area contributed by atoms with Gasteiger partial charge in [-0.1, -0.05) is 6.92 Å². The van der Waals surface area contributed by atoms with Crippen LogP contribution < -0.4 is 10.0 Å². The van der Waals surface area contributed by atoms with Crippen LogP contribution in [0.15, 0.2) is 23.2 Å². The van der Waals surface area contributed by atoms with E-state index in [1.807, 2.05) is 25.6 Å². The Hall–Kier alpha value is -0.790. The van der Waals surface area contributed by atoms with Crippen LogP contribution in [0, 0.1) is 0 Å². The molecule has 2 N–H and O–H groups in total. The fourth-order valence-corrected chi connectivity index (χ4v) is 3.65. The van der Waals surface area contributed by atoms with E-state index in [1.165, 1.54) is 6.20 Å². The fourth-order valence-electron chi connectivity index (χ4n) is 1.62. The maximum Gasteiger partial charge on any atom is 0.242 e. The number of thioether (sulfide) groups is 1. The van der Waals surface area contributed by atoms with Crippen LogP contribution in [-0.4, -0.2) is 37.5 Å². The van der Waals surface area contributed by atoms with Gasteiger partial charge in [0, 0.05) is 18.8 Å². The van der Waals surface area contributed by atoms with Crippen molar-refractivity contribution in [3.63, 3.8) is 0 Å². The molecular weight excluding hydrogens is 294 g/mol. The number of nitrogens with one attached hydrogen (secondary N) is 2. The molecule has 1 heterocycles. The highest BCUT2D eigenvalue weighted by atomic mass is 32.2. The Morgan fingerprint density at radius 3 is 2.65 bits per heavy atom. The normalized spacial score (nSPS) is 13.2. The lowest BCUT2D eigenvalue weighted by molar-refractivity contribution is 0.556. The molecule has 1 aromatic rings. The second kappa shape index (κ2) is 8.49. The average molecular weight is 317 g/mol. The summed E-state index contributed by atoms with van der Waals surface area (Å²) in [6.45, 7) is 6.69. The van der Waals surface area contributed by atoms with Crippen LogP contribution >= 0.6 is 11.8 Å². The van der Waals surface area contributed by atoms with Crippen LogP contribution in [-0.2, 0) is 10.0 Å². The molecule has 1 rings (SSSR count). The molecule has 1 unspecified atom stereocenters. The molecule has 7 heteroatoms. The lowest BCUT2D eigenvalue weighted by atomic mass is 10.3. The number of pyridine rings is 1. The number of hydrogen-bond acceptors (Lipinski definition) is 5. The fraction of sp³-hybridized carbons (Fsp3) is 0.615.